The normalized spacial score (nSPS) is 16.7. The number of hydrogen-bond acceptors (Lipinski definition) is 2. The third-order valence-electron chi connectivity index (χ3n) is 4.09. The molecule has 0 radical (unpaired) electrons. The van der Waals surface area contributed by atoms with Crippen LogP contribution in [-0.4, -0.2) is 15.4 Å². The first-order chi connectivity index (χ1) is 9.78. The summed E-state index contributed by atoms with van der Waals surface area (Å²) in [4.78, 5) is 4.75. The molecule has 108 valence electrons. The van der Waals surface area contributed by atoms with Gasteiger partial charge < -0.3 is 5.32 Å². The number of pyridine rings is 1. The highest BCUT2D eigenvalue weighted by atomic mass is 35.5. The van der Waals surface area contributed by atoms with Crippen LogP contribution in [0.1, 0.15) is 51.1 Å². The van der Waals surface area contributed by atoms with Crippen molar-refractivity contribution in [1.82, 2.24) is 9.38 Å². The van der Waals surface area contributed by atoms with Gasteiger partial charge in [0.2, 0.25) is 0 Å². The van der Waals surface area contributed by atoms with Crippen LogP contribution in [0.15, 0.2) is 18.3 Å². The molecule has 3 nitrogen and oxygen atoms in total. The van der Waals surface area contributed by atoms with Crippen LogP contribution in [-0.2, 0) is 6.42 Å². The van der Waals surface area contributed by atoms with Crippen LogP contribution in [0.2, 0.25) is 5.02 Å². The topological polar surface area (TPSA) is 29.3 Å². The second-order valence-corrected chi connectivity index (χ2v) is 6.15. The molecular weight excluding hydrogens is 270 g/mol. The molecule has 0 spiro atoms. The van der Waals surface area contributed by atoms with Gasteiger partial charge in [0.05, 0.1) is 10.7 Å². The van der Waals surface area contributed by atoms with E-state index in [4.69, 9.17) is 16.6 Å². The molecule has 3 rings (SSSR count). The Morgan fingerprint density at radius 1 is 1.30 bits per heavy atom. The zero-order valence-corrected chi connectivity index (χ0v) is 12.8. The first-order valence-corrected chi connectivity index (χ1v) is 8.08. The van der Waals surface area contributed by atoms with Crippen molar-refractivity contribution in [3.63, 3.8) is 0 Å². The molecule has 0 amide bonds. The summed E-state index contributed by atoms with van der Waals surface area (Å²) in [5.41, 5.74) is 2.15. The van der Waals surface area contributed by atoms with Crippen molar-refractivity contribution in [3.8, 4) is 0 Å². The SMILES string of the molecule is CCCc1nc2ccc(Cl)cn2c1NC1CCCCC1. The number of anilines is 1. The van der Waals surface area contributed by atoms with E-state index >= 15 is 0 Å². The zero-order chi connectivity index (χ0) is 13.9. The van der Waals surface area contributed by atoms with E-state index in [0.29, 0.717) is 6.04 Å². The van der Waals surface area contributed by atoms with Gasteiger partial charge >= 0.3 is 0 Å². The Balaban J connectivity index is 1.96. The molecule has 0 aromatic carbocycles. The van der Waals surface area contributed by atoms with E-state index in [1.807, 2.05) is 18.3 Å². The molecule has 0 atom stereocenters. The monoisotopic (exact) mass is 291 g/mol. The smallest absolute Gasteiger partial charge is 0.138 e. The van der Waals surface area contributed by atoms with Crippen LogP contribution in [0.3, 0.4) is 0 Å². The highest BCUT2D eigenvalue weighted by molar-refractivity contribution is 6.30. The van der Waals surface area contributed by atoms with E-state index in [1.165, 1.54) is 37.8 Å². The Morgan fingerprint density at radius 2 is 2.10 bits per heavy atom. The van der Waals surface area contributed by atoms with Crippen LogP contribution in [0, 0.1) is 0 Å². The molecule has 2 aromatic rings. The average molecular weight is 292 g/mol. The van der Waals surface area contributed by atoms with E-state index in [0.717, 1.165) is 29.3 Å². The zero-order valence-electron chi connectivity index (χ0n) is 12.0. The van der Waals surface area contributed by atoms with Gasteiger partial charge in [-0.1, -0.05) is 44.2 Å². The number of nitrogens with one attached hydrogen (secondary N) is 1. The summed E-state index contributed by atoms with van der Waals surface area (Å²) in [7, 11) is 0. The van der Waals surface area contributed by atoms with Crippen molar-refractivity contribution in [2.75, 3.05) is 5.32 Å². The van der Waals surface area contributed by atoms with Gasteiger partial charge in [-0.25, -0.2) is 4.98 Å². The van der Waals surface area contributed by atoms with Crippen molar-refractivity contribution >= 4 is 23.1 Å². The second kappa shape index (κ2) is 6.04. The van der Waals surface area contributed by atoms with Gasteiger partial charge in [-0.15, -0.1) is 0 Å². The predicted molar refractivity (Wildman–Crippen MR) is 84.7 cm³/mol. The summed E-state index contributed by atoms with van der Waals surface area (Å²) in [5.74, 6) is 1.15. The molecule has 0 unspecified atom stereocenters. The van der Waals surface area contributed by atoms with E-state index in [2.05, 4.69) is 16.6 Å². The molecular formula is C16H22ClN3. The minimum Gasteiger partial charge on any atom is -0.367 e. The Bertz CT molecular complexity index is 585. The highest BCUT2D eigenvalue weighted by Gasteiger charge is 2.18. The summed E-state index contributed by atoms with van der Waals surface area (Å²) < 4.78 is 2.11. The lowest BCUT2D eigenvalue weighted by Crippen LogP contribution is -2.23. The van der Waals surface area contributed by atoms with Gasteiger partial charge in [-0.05, 0) is 31.4 Å². The number of hydrogen-bond donors (Lipinski definition) is 1. The maximum Gasteiger partial charge on any atom is 0.138 e. The Hall–Kier alpha value is -1.22. The number of halogens is 1. The fraction of sp³-hybridized carbons (Fsp3) is 0.562. The average Bonchev–Trinajstić information content (AvgIpc) is 2.78. The minimum atomic E-state index is 0.582. The molecule has 0 saturated heterocycles. The first kappa shape index (κ1) is 13.7. The van der Waals surface area contributed by atoms with Crippen LogP contribution in [0.5, 0.6) is 0 Å². The molecule has 1 aliphatic rings. The molecule has 0 aliphatic heterocycles. The molecule has 4 heteroatoms. The molecule has 2 aromatic heterocycles. The molecule has 2 heterocycles. The molecule has 1 aliphatic carbocycles. The number of aromatic nitrogens is 2. The van der Waals surface area contributed by atoms with Gasteiger partial charge in [-0.3, -0.25) is 4.40 Å². The lowest BCUT2D eigenvalue weighted by atomic mass is 9.95. The summed E-state index contributed by atoms with van der Waals surface area (Å²) in [6.07, 6.45) is 10.6. The predicted octanol–water partition coefficient (Wildman–Crippen LogP) is 4.68. The lowest BCUT2D eigenvalue weighted by Gasteiger charge is -2.24. The van der Waals surface area contributed by atoms with E-state index in [1.54, 1.807) is 0 Å². The summed E-state index contributed by atoms with van der Waals surface area (Å²) in [6.45, 7) is 2.20. The van der Waals surface area contributed by atoms with Gasteiger partial charge in [0, 0.05) is 12.2 Å². The fourth-order valence-electron chi connectivity index (χ4n) is 3.07. The van der Waals surface area contributed by atoms with Crippen molar-refractivity contribution in [2.45, 2.75) is 57.9 Å². The number of imidazole rings is 1. The Kier molecular flexibility index (Phi) is 4.16. The van der Waals surface area contributed by atoms with Crippen molar-refractivity contribution < 1.29 is 0 Å². The van der Waals surface area contributed by atoms with Gasteiger partial charge in [0.15, 0.2) is 0 Å². The second-order valence-electron chi connectivity index (χ2n) is 5.71. The molecule has 1 N–H and O–H groups in total. The fourth-order valence-corrected chi connectivity index (χ4v) is 3.23. The Morgan fingerprint density at radius 3 is 2.85 bits per heavy atom. The van der Waals surface area contributed by atoms with Crippen molar-refractivity contribution in [2.24, 2.45) is 0 Å². The first-order valence-electron chi connectivity index (χ1n) is 7.71. The quantitative estimate of drug-likeness (QED) is 0.886. The summed E-state index contributed by atoms with van der Waals surface area (Å²) in [6, 6.07) is 4.48. The maximum atomic E-state index is 6.14. The Labute approximate surface area is 125 Å². The molecule has 20 heavy (non-hydrogen) atoms. The van der Waals surface area contributed by atoms with Crippen molar-refractivity contribution in [3.05, 3.63) is 29.0 Å². The van der Waals surface area contributed by atoms with E-state index in [-0.39, 0.29) is 0 Å². The third-order valence-corrected chi connectivity index (χ3v) is 4.31. The van der Waals surface area contributed by atoms with Gasteiger partial charge in [-0.2, -0.15) is 0 Å². The summed E-state index contributed by atoms with van der Waals surface area (Å²) >= 11 is 6.14. The van der Waals surface area contributed by atoms with Crippen LogP contribution in [0.25, 0.3) is 5.65 Å². The van der Waals surface area contributed by atoms with Gasteiger partial charge in [0.25, 0.3) is 0 Å². The van der Waals surface area contributed by atoms with Crippen LogP contribution >= 0.6 is 11.6 Å². The maximum absolute atomic E-state index is 6.14. The van der Waals surface area contributed by atoms with Gasteiger partial charge in [0.1, 0.15) is 11.5 Å². The number of aryl methyl sites for hydroxylation is 1. The highest BCUT2D eigenvalue weighted by Crippen LogP contribution is 2.26. The third kappa shape index (κ3) is 2.78. The van der Waals surface area contributed by atoms with Crippen LogP contribution < -0.4 is 5.32 Å². The largest absolute Gasteiger partial charge is 0.367 e. The van der Waals surface area contributed by atoms with Crippen LogP contribution in [0.4, 0.5) is 5.82 Å². The van der Waals surface area contributed by atoms with Crippen molar-refractivity contribution in [1.29, 1.82) is 0 Å². The van der Waals surface area contributed by atoms with E-state index < -0.39 is 0 Å². The van der Waals surface area contributed by atoms with E-state index in [9.17, 15) is 0 Å². The molecule has 1 saturated carbocycles. The molecule has 0 bridgehead atoms. The molecule has 1 fully saturated rings. The number of nitrogens with zero attached hydrogens (tertiary/aromatic N) is 2. The standard InChI is InChI=1S/C16H22ClN3/c1-2-6-14-16(18-13-7-4-3-5-8-13)20-11-12(17)9-10-15(20)19-14/h9-11,13,18H,2-8H2,1H3. The lowest BCUT2D eigenvalue weighted by molar-refractivity contribution is 0.461. The number of rotatable bonds is 4. The summed E-state index contributed by atoms with van der Waals surface area (Å²) in [5, 5.41) is 4.48. The minimum absolute atomic E-state index is 0.582. The number of fused-ring (bicyclic) bond motifs is 1.